The van der Waals surface area contributed by atoms with Crippen molar-refractivity contribution in [3.8, 4) is 28.1 Å². The predicted octanol–water partition coefficient (Wildman–Crippen LogP) is 11.1. The summed E-state index contributed by atoms with van der Waals surface area (Å²) in [6.45, 7) is 2.22. The van der Waals surface area contributed by atoms with Crippen LogP contribution in [0.25, 0.3) is 22.4 Å². The summed E-state index contributed by atoms with van der Waals surface area (Å²) in [6.07, 6.45) is 7.33. The van der Waals surface area contributed by atoms with E-state index >= 15 is 4.39 Å². The number of alkyl halides is 2. The van der Waals surface area contributed by atoms with Gasteiger partial charge in [-0.2, -0.15) is 8.78 Å². The highest BCUT2D eigenvalue weighted by molar-refractivity contribution is 5.70. The fourth-order valence-electron chi connectivity index (χ4n) is 5.91. The molecule has 0 aliphatic heterocycles. The minimum absolute atomic E-state index is 0.0152. The van der Waals surface area contributed by atoms with Gasteiger partial charge in [-0.15, -0.1) is 0 Å². The van der Waals surface area contributed by atoms with E-state index < -0.39 is 46.5 Å². The van der Waals surface area contributed by atoms with Gasteiger partial charge in [0.15, 0.2) is 17.5 Å². The molecule has 0 bridgehead atoms. The SMILES string of the molecule is CCCCCC1CCC(c2ccc(-c3ccc(-c4ccc(C(F)(F)Oc5cc(F)c(F)c(F)c5)c(F)c4)c(F)c3)nc2)CC1. The van der Waals surface area contributed by atoms with E-state index in [1.807, 2.05) is 18.3 Å². The number of pyridine rings is 1. The maximum absolute atomic E-state index is 15.2. The summed E-state index contributed by atoms with van der Waals surface area (Å²) in [5, 5.41) is 0. The fourth-order valence-corrected chi connectivity index (χ4v) is 5.91. The average molecular weight is 616 g/mol. The van der Waals surface area contributed by atoms with E-state index in [-0.39, 0.29) is 23.3 Å². The molecule has 5 rings (SSSR count). The molecule has 0 saturated heterocycles. The smallest absolute Gasteiger partial charge is 0.429 e. The second-order valence-corrected chi connectivity index (χ2v) is 11.4. The van der Waals surface area contributed by atoms with Crippen LogP contribution in [0.1, 0.15) is 75.3 Å². The van der Waals surface area contributed by atoms with E-state index in [1.165, 1.54) is 56.2 Å². The van der Waals surface area contributed by atoms with Crippen LogP contribution in [-0.4, -0.2) is 4.98 Å². The zero-order valence-corrected chi connectivity index (χ0v) is 24.2. The quantitative estimate of drug-likeness (QED) is 0.101. The van der Waals surface area contributed by atoms with Crippen molar-refractivity contribution in [3.05, 3.63) is 107 Å². The molecule has 0 unspecified atom stereocenters. The normalized spacial score (nSPS) is 17.1. The Bertz CT molecular complexity index is 1570. The van der Waals surface area contributed by atoms with Crippen molar-refractivity contribution in [2.75, 3.05) is 0 Å². The van der Waals surface area contributed by atoms with Gasteiger partial charge < -0.3 is 4.74 Å². The standard InChI is InChI=1S/C35H32F7NO/c1-2-3-4-5-21-6-8-22(9-7-21)25-12-15-33(43-20-25)24-10-13-27(29(36)17-24)23-11-14-28(30(37)16-23)35(41,42)44-26-18-31(38)34(40)32(39)19-26/h10-22H,2-9H2,1H3. The summed E-state index contributed by atoms with van der Waals surface area (Å²) in [5.74, 6) is -7.26. The number of rotatable bonds is 10. The van der Waals surface area contributed by atoms with Gasteiger partial charge in [0.1, 0.15) is 17.4 Å². The van der Waals surface area contributed by atoms with Crippen LogP contribution in [0.4, 0.5) is 30.7 Å². The van der Waals surface area contributed by atoms with E-state index in [0.717, 1.165) is 24.8 Å². The molecule has 232 valence electrons. The molecule has 0 spiro atoms. The van der Waals surface area contributed by atoms with E-state index in [2.05, 4.69) is 16.6 Å². The molecule has 1 aliphatic rings. The molecule has 3 aromatic carbocycles. The number of ether oxygens (including phenoxy) is 1. The van der Waals surface area contributed by atoms with Crippen LogP contribution in [0.3, 0.4) is 0 Å². The molecule has 1 aromatic heterocycles. The van der Waals surface area contributed by atoms with E-state index in [4.69, 9.17) is 0 Å². The highest BCUT2D eigenvalue weighted by Crippen LogP contribution is 2.39. The van der Waals surface area contributed by atoms with Crippen LogP contribution in [0.2, 0.25) is 0 Å². The third-order valence-corrected chi connectivity index (χ3v) is 8.38. The molecular weight excluding hydrogens is 583 g/mol. The number of halogens is 7. The summed E-state index contributed by atoms with van der Waals surface area (Å²) < 4.78 is 104. The summed E-state index contributed by atoms with van der Waals surface area (Å²) in [4.78, 5) is 4.56. The first-order valence-electron chi connectivity index (χ1n) is 14.8. The Hall–Kier alpha value is -3.88. The minimum Gasteiger partial charge on any atom is -0.429 e. The average Bonchev–Trinajstić information content (AvgIpc) is 3.00. The molecule has 0 amide bonds. The Morgan fingerprint density at radius 2 is 1.43 bits per heavy atom. The number of aromatic nitrogens is 1. The lowest BCUT2D eigenvalue weighted by Crippen LogP contribution is -2.23. The molecule has 4 aromatic rings. The third-order valence-electron chi connectivity index (χ3n) is 8.38. The molecule has 44 heavy (non-hydrogen) atoms. The Balaban J connectivity index is 1.26. The van der Waals surface area contributed by atoms with Crippen molar-refractivity contribution in [2.45, 2.75) is 70.3 Å². The molecule has 1 saturated carbocycles. The van der Waals surface area contributed by atoms with Gasteiger partial charge in [-0.05, 0) is 72.9 Å². The molecule has 0 atom stereocenters. The molecule has 9 heteroatoms. The summed E-state index contributed by atoms with van der Waals surface area (Å²) in [7, 11) is 0. The molecule has 1 aliphatic carbocycles. The first-order valence-corrected chi connectivity index (χ1v) is 14.8. The molecular formula is C35H32F7NO. The van der Waals surface area contributed by atoms with Gasteiger partial charge in [-0.25, -0.2) is 22.0 Å². The third kappa shape index (κ3) is 7.08. The lowest BCUT2D eigenvalue weighted by molar-refractivity contribution is -0.187. The van der Waals surface area contributed by atoms with Gasteiger partial charge in [-0.1, -0.05) is 56.9 Å². The van der Waals surface area contributed by atoms with E-state index in [0.29, 0.717) is 29.3 Å². The minimum atomic E-state index is -4.37. The molecule has 2 nitrogen and oxygen atoms in total. The van der Waals surface area contributed by atoms with Crippen molar-refractivity contribution < 1.29 is 35.5 Å². The fraction of sp³-hybridized carbons (Fsp3) is 0.343. The largest absolute Gasteiger partial charge is 0.429 e. The number of unbranched alkanes of at least 4 members (excludes halogenated alkanes) is 2. The first-order chi connectivity index (χ1) is 21.1. The van der Waals surface area contributed by atoms with Crippen molar-refractivity contribution in [1.29, 1.82) is 0 Å². The number of hydrogen-bond acceptors (Lipinski definition) is 2. The molecule has 0 radical (unpaired) electrons. The van der Waals surface area contributed by atoms with Crippen molar-refractivity contribution in [2.24, 2.45) is 5.92 Å². The van der Waals surface area contributed by atoms with Gasteiger partial charge in [0.25, 0.3) is 0 Å². The summed E-state index contributed by atoms with van der Waals surface area (Å²) in [6, 6.07) is 11.1. The van der Waals surface area contributed by atoms with E-state index in [9.17, 15) is 26.3 Å². The van der Waals surface area contributed by atoms with Gasteiger partial charge in [0, 0.05) is 29.5 Å². The van der Waals surface area contributed by atoms with Gasteiger partial charge >= 0.3 is 6.11 Å². The summed E-state index contributed by atoms with van der Waals surface area (Å²) in [5.41, 5.74) is 0.950. The van der Waals surface area contributed by atoms with E-state index in [1.54, 1.807) is 6.07 Å². The zero-order chi connectivity index (χ0) is 31.4. The lowest BCUT2D eigenvalue weighted by atomic mass is 9.77. The molecule has 1 fully saturated rings. The van der Waals surface area contributed by atoms with Gasteiger partial charge in [0.05, 0.1) is 11.3 Å². The maximum Gasteiger partial charge on any atom is 0.429 e. The Kier molecular flexibility index (Phi) is 9.61. The van der Waals surface area contributed by atoms with Gasteiger partial charge in [-0.3, -0.25) is 4.98 Å². The topological polar surface area (TPSA) is 22.1 Å². The molecule has 0 N–H and O–H groups in total. The van der Waals surface area contributed by atoms with Crippen molar-refractivity contribution >= 4 is 0 Å². The zero-order valence-electron chi connectivity index (χ0n) is 24.2. The first kappa shape index (κ1) is 31.5. The Labute approximate surface area is 251 Å². The van der Waals surface area contributed by atoms with Crippen LogP contribution in [0.5, 0.6) is 5.75 Å². The maximum atomic E-state index is 15.2. The predicted molar refractivity (Wildman–Crippen MR) is 155 cm³/mol. The van der Waals surface area contributed by atoms with Crippen molar-refractivity contribution in [3.63, 3.8) is 0 Å². The summed E-state index contributed by atoms with van der Waals surface area (Å²) >= 11 is 0. The molecule has 1 heterocycles. The Morgan fingerprint density at radius 1 is 0.750 bits per heavy atom. The highest BCUT2D eigenvalue weighted by atomic mass is 19.3. The second kappa shape index (κ2) is 13.4. The van der Waals surface area contributed by atoms with Crippen LogP contribution >= 0.6 is 0 Å². The lowest BCUT2D eigenvalue weighted by Gasteiger charge is -2.28. The highest BCUT2D eigenvalue weighted by Gasteiger charge is 2.38. The number of hydrogen-bond donors (Lipinski definition) is 0. The van der Waals surface area contributed by atoms with Crippen LogP contribution in [-0.2, 0) is 6.11 Å². The number of benzene rings is 3. The monoisotopic (exact) mass is 615 g/mol. The van der Waals surface area contributed by atoms with Gasteiger partial charge in [0.2, 0.25) is 0 Å². The van der Waals surface area contributed by atoms with Crippen molar-refractivity contribution in [1.82, 2.24) is 4.98 Å². The van der Waals surface area contributed by atoms with Crippen LogP contribution in [0.15, 0.2) is 66.9 Å². The number of nitrogens with zero attached hydrogens (tertiary/aromatic N) is 1. The Morgan fingerprint density at radius 3 is 2.05 bits per heavy atom. The van der Waals surface area contributed by atoms with Crippen LogP contribution < -0.4 is 4.74 Å². The van der Waals surface area contributed by atoms with Crippen LogP contribution in [0, 0.1) is 35.0 Å². The second-order valence-electron chi connectivity index (χ2n) is 11.4.